The number of hydrogen-bond donors (Lipinski definition) is 0. The summed E-state index contributed by atoms with van der Waals surface area (Å²) in [7, 11) is -2.14. The van der Waals surface area contributed by atoms with E-state index in [0.29, 0.717) is 41.4 Å². The molecular formula is C34H50N4O5S. The molecule has 1 atom stereocenters. The third kappa shape index (κ3) is 7.46. The van der Waals surface area contributed by atoms with Crippen LogP contribution < -0.4 is 4.74 Å². The summed E-state index contributed by atoms with van der Waals surface area (Å²) in [6, 6.07) is 7.54. The number of ether oxygens (including phenoxy) is 2. The van der Waals surface area contributed by atoms with Gasteiger partial charge in [0.15, 0.2) is 0 Å². The number of carbonyl (C=O) groups is 1. The monoisotopic (exact) mass is 626 g/mol. The zero-order valence-corrected chi connectivity index (χ0v) is 27.6. The smallest absolute Gasteiger partial charge is 0.248 e. The van der Waals surface area contributed by atoms with Gasteiger partial charge < -0.3 is 19.3 Å². The number of hydrogen-bond acceptors (Lipinski definition) is 7. The lowest BCUT2D eigenvalue weighted by molar-refractivity contribution is -0.138. The Kier molecular flexibility index (Phi) is 11.0. The van der Waals surface area contributed by atoms with Gasteiger partial charge >= 0.3 is 0 Å². The molecule has 1 aromatic carbocycles. The van der Waals surface area contributed by atoms with Crippen LogP contribution in [-0.4, -0.2) is 99.0 Å². The van der Waals surface area contributed by atoms with Crippen molar-refractivity contribution in [1.82, 2.24) is 19.1 Å². The SMILES string of the molecule is COc1cc(C)c(S(=O)(=O)N2CCCCC2COCC(=O)N2CCC(CCCN3CCCC3)(c3ccncc3)CC2)c(C)c1. The largest absolute Gasteiger partial charge is 0.497 e. The molecular weight excluding hydrogens is 576 g/mol. The first-order valence-corrected chi connectivity index (χ1v) is 17.8. The number of sulfonamides is 1. The second-order valence-electron chi connectivity index (χ2n) is 12.9. The molecule has 3 saturated heterocycles. The summed E-state index contributed by atoms with van der Waals surface area (Å²) in [6.45, 7) is 9.25. The number of likely N-dealkylation sites (tertiary alicyclic amines) is 2. The van der Waals surface area contributed by atoms with Crippen molar-refractivity contribution < 1.29 is 22.7 Å². The minimum Gasteiger partial charge on any atom is -0.497 e. The van der Waals surface area contributed by atoms with Crippen LogP contribution in [0.1, 0.15) is 74.5 Å². The Morgan fingerprint density at radius 3 is 2.30 bits per heavy atom. The molecule has 5 rings (SSSR count). The van der Waals surface area contributed by atoms with Gasteiger partial charge in [0.05, 0.1) is 18.6 Å². The minimum atomic E-state index is -3.73. The van der Waals surface area contributed by atoms with Crippen LogP contribution in [0.2, 0.25) is 0 Å². The number of methoxy groups -OCH3 is 1. The molecule has 0 N–H and O–H groups in total. The number of benzene rings is 1. The normalized spacial score (nSPS) is 21.4. The molecule has 1 unspecified atom stereocenters. The number of pyridine rings is 1. The molecule has 3 aliphatic heterocycles. The zero-order chi connectivity index (χ0) is 31.2. The van der Waals surface area contributed by atoms with Crippen molar-refractivity contribution in [1.29, 1.82) is 0 Å². The molecule has 10 heteroatoms. The Hall–Kier alpha value is -2.53. The molecule has 4 heterocycles. The minimum absolute atomic E-state index is 0.0162. The summed E-state index contributed by atoms with van der Waals surface area (Å²) in [4.78, 5) is 22.4. The van der Waals surface area contributed by atoms with Gasteiger partial charge in [-0.05, 0) is 131 Å². The van der Waals surface area contributed by atoms with E-state index in [1.165, 1.54) is 31.5 Å². The van der Waals surface area contributed by atoms with Crippen LogP contribution >= 0.6 is 0 Å². The van der Waals surface area contributed by atoms with E-state index in [-0.39, 0.29) is 30.6 Å². The van der Waals surface area contributed by atoms with Gasteiger partial charge in [0, 0.05) is 38.1 Å². The van der Waals surface area contributed by atoms with Gasteiger partial charge in [-0.3, -0.25) is 9.78 Å². The summed E-state index contributed by atoms with van der Waals surface area (Å²) in [5, 5.41) is 0. The Balaban J connectivity index is 1.16. The van der Waals surface area contributed by atoms with Gasteiger partial charge in [-0.25, -0.2) is 8.42 Å². The van der Waals surface area contributed by atoms with Crippen molar-refractivity contribution in [2.75, 3.05) is 59.6 Å². The summed E-state index contributed by atoms with van der Waals surface area (Å²) < 4.78 is 40.6. The van der Waals surface area contributed by atoms with Crippen LogP contribution in [0.5, 0.6) is 5.75 Å². The highest BCUT2D eigenvalue weighted by Gasteiger charge is 2.38. The Morgan fingerprint density at radius 1 is 0.977 bits per heavy atom. The van der Waals surface area contributed by atoms with Gasteiger partial charge in [-0.1, -0.05) is 6.42 Å². The van der Waals surface area contributed by atoms with Crippen molar-refractivity contribution in [2.45, 2.75) is 88.0 Å². The van der Waals surface area contributed by atoms with Crippen LogP contribution in [-0.2, 0) is 25.0 Å². The Bertz CT molecular complexity index is 1330. The lowest BCUT2D eigenvalue weighted by Crippen LogP contribution is -2.48. The second kappa shape index (κ2) is 14.7. The second-order valence-corrected chi connectivity index (χ2v) is 14.7. The molecule has 0 spiro atoms. The maximum atomic E-state index is 13.9. The Labute approximate surface area is 264 Å². The average molecular weight is 627 g/mol. The predicted molar refractivity (Wildman–Crippen MR) is 171 cm³/mol. The molecule has 44 heavy (non-hydrogen) atoms. The van der Waals surface area contributed by atoms with Crippen molar-refractivity contribution in [2.24, 2.45) is 0 Å². The lowest BCUT2D eigenvalue weighted by atomic mass is 9.70. The number of nitrogens with zero attached hydrogens (tertiary/aromatic N) is 4. The molecule has 0 aliphatic carbocycles. The third-order valence-electron chi connectivity index (χ3n) is 10.0. The number of carbonyl (C=O) groups excluding carboxylic acids is 1. The quantitative estimate of drug-likeness (QED) is 0.337. The summed E-state index contributed by atoms with van der Waals surface area (Å²) in [5.41, 5.74) is 2.74. The molecule has 1 aromatic heterocycles. The van der Waals surface area contributed by atoms with Crippen molar-refractivity contribution >= 4 is 15.9 Å². The highest BCUT2D eigenvalue weighted by molar-refractivity contribution is 7.89. The van der Waals surface area contributed by atoms with Gasteiger partial charge in [0.25, 0.3) is 0 Å². The van der Waals surface area contributed by atoms with Crippen LogP contribution in [0, 0.1) is 13.8 Å². The van der Waals surface area contributed by atoms with Gasteiger partial charge in [-0.15, -0.1) is 0 Å². The third-order valence-corrected chi connectivity index (χ3v) is 12.3. The maximum Gasteiger partial charge on any atom is 0.248 e. The van der Waals surface area contributed by atoms with Crippen molar-refractivity contribution in [3.8, 4) is 5.75 Å². The van der Waals surface area contributed by atoms with E-state index in [1.54, 1.807) is 23.5 Å². The van der Waals surface area contributed by atoms with Crippen molar-refractivity contribution in [3.63, 3.8) is 0 Å². The molecule has 0 radical (unpaired) electrons. The number of aryl methyl sites for hydroxylation is 2. The molecule has 2 aromatic rings. The zero-order valence-electron chi connectivity index (χ0n) is 26.8. The molecule has 3 aliphatic rings. The number of piperidine rings is 2. The van der Waals surface area contributed by atoms with E-state index < -0.39 is 10.0 Å². The highest BCUT2D eigenvalue weighted by Crippen LogP contribution is 2.40. The highest BCUT2D eigenvalue weighted by atomic mass is 32.2. The average Bonchev–Trinajstić information content (AvgIpc) is 3.55. The molecule has 242 valence electrons. The van der Waals surface area contributed by atoms with Crippen LogP contribution in [0.3, 0.4) is 0 Å². The fraction of sp³-hybridized carbons (Fsp3) is 0.647. The van der Waals surface area contributed by atoms with E-state index in [0.717, 1.165) is 51.5 Å². The standard InChI is InChI=1S/C34H50N4O5S/c1-27-23-31(42-3)24-28(2)33(27)44(40,41)38-20-5-4-9-30(38)25-43-26-32(39)37-21-13-34(14-22-37,29-10-15-35-16-11-29)12-8-19-36-17-6-7-18-36/h10-11,15-16,23-24,30H,4-9,12-14,17-22,25-26H2,1-3H3. The van der Waals surface area contributed by atoms with E-state index in [9.17, 15) is 13.2 Å². The summed E-state index contributed by atoms with van der Waals surface area (Å²) in [5.74, 6) is 0.631. The van der Waals surface area contributed by atoms with Crippen LogP contribution in [0.4, 0.5) is 0 Å². The maximum absolute atomic E-state index is 13.9. The fourth-order valence-corrected chi connectivity index (χ4v) is 9.70. The lowest BCUT2D eigenvalue weighted by Gasteiger charge is -2.43. The first-order valence-electron chi connectivity index (χ1n) is 16.4. The molecule has 0 saturated carbocycles. The fourth-order valence-electron chi connectivity index (χ4n) is 7.60. The topological polar surface area (TPSA) is 92.3 Å². The predicted octanol–water partition coefficient (Wildman–Crippen LogP) is 4.70. The summed E-state index contributed by atoms with van der Waals surface area (Å²) >= 11 is 0. The van der Waals surface area contributed by atoms with E-state index in [2.05, 4.69) is 22.0 Å². The van der Waals surface area contributed by atoms with Crippen LogP contribution in [0.25, 0.3) is 0 Å². The molecule has 9 nitrogen and oxygen atoms in total. The molecule has 3 fully saturated rings. The number of rotatable bonds is 12. The molecule has 1 amide bonds. The van der Waals surface area contributed by atoms with E-state index >= 15 is 0 Å². The van der Waals surface area contributed by atoms with Gasteiger partial charge in [0.2, 0.25) is 15.9 Å². The Morgan fingerprint density at radius 2 is 1.64 bits per heavy atom. The first kappa shape index (κ1) is 32.9. The van der Waals surface area contributed by atoms with Gasteiger partial charge in [0.1, 0.15) is 12.4 Å². The van der Waals surface area contributed by atoms with E-state index in [1.807, 2.05) is 31.1 Å². The van der Waals surface area contributed by atoms with Crippen molar-refractivity contribution in [3.05, 3.63) is 53.3 Å². The van der Waals surface area contributed by atoms with Crippen LogP contribution in [0.15, 0.2) is 41.6 Å². The number of amides is 1. The molecule has 0 bridgehead atoms. The van der Waals surface area contributed by atoms with Gasteiger partial charge in [-0.2, -0.15) is 4.31 Å². The summed E-state index contributed by atoms with van der Waals surface area (Å²) in [6.07, 6.45) is 13.0. The number of aromatic nitrogens is 1. The first-order chi connectivity index (χ1) is 21.2. The van der Waals surface area contributed by atoms with E-state index in [4.69, 9.17) is 9.47 Å².